The van der Waals surface area contributed by atoms with Crippen molar-refractivity contribution < 1.29 is 14.6 Å². The number of morpholine rings is 1. The molecule has 1 N–H and O–H groups in total. The van der Waals surface area contributed by atoms with E-state index in [0.717, 1.165) is 26.1 Å². The normalized spacial score (nSPS) is 31.9. The minimum atomic E-state index is -0.459. The van der Waals surface area contributed by atoms with Crippen molar-refractivity contribution in [1.29, 1.82) is 0 Å². The number of β-amino-alcohol motifs (C(OH)–C–C–N with tert-alkyl or cyclic N) is 1. The molecule has 3 unspecified atom stereocenters. The van der Waals surface area contributed by atoms with Crippen LogP contribution in [0.15, 0.2) is 0 Å². The van der Waals surface area contributed by atoms with Crippen LogP contribution in [0.1, 0.15) is 26.7 Å². The summed E-state index contributed by atoms with van der Waals surface area (Å²) in [5.41, 5.74) is 0. The summed E-state index contributed by atoms with van der Waals surface area (Å²) in [6.45, 7) is 7.62. The highest BCUT2D eigenvalue weighted by atomic mass is 16.5. The molecule has 0 radical (unpaired) electrons. The van der Waals surface area contributed by atoms with E-state index in [1.54, 1.807) is 4.90 Å². The molecule has 5 heteroatoms. The molecule has 2 saturated heterocycles. The zero-order valence-corrected chi connectivity index (χ0v) is 11.3. The van der Waals surface area contributed by atoms with E-state index in [-0.39, 0.29) is 12.0 Å². The van der Waals surface area contributed by atoms with E-state index < -0.39 is 6.10 Å². The van der Waals surface area contributed by atoms with Gasteiger partial charge >= 0.3 is 0 Å². The fourth-order valence-corrected chi connectivity index (χ4v) is 2.71. The van der Waals surface area contributed by atoms with Gasteiger partial charge in [-0.1, -0.05) is 0 Å². The molecule has 5 nitrogen and oxygen atoms in total. The minimum absolute atomic E-state index is 0.178. The predicted molar refractivity (Wildman–Crippen MR) is 68.3 cm³/mol. The van der Waals surface area contributed by atoms with E-state index in [0.29, 0.717) is 25.6 Å². The van der Waals surface area contributed by atoms with Crippen molar-refractivity contribution in [3.63, 3.8) is 0 Å². The molecule has 0 bridgehead atoms. The van der Waals surface area contributed by atoms with Crippen LogP contribution in [0, 0.1) is 0 Å². The number of rotatable bonds is 4. The fourth-order valence-electron chi connectivity index (χ4n) is 2.71. The molecule has 2 fully saturated rings. The average molecular weight is 256 g/mol. The van der Waals surface area contributed by atoms with Gasteiger partial charge in [-0.15, -0.1) is 0 Å². The lowest BCUT2D eigenvalue weighted by Gasteiger charge is -2.38. The molecule has 104 valence electrons. The second-order valence-corrected chi connectivity index (χ2v) is 5.54. The number of carbonyl (C=O) groups excluding carboxylic acids is 1. The molecule has 2 heterocycles. The van der Waals surface area contributed by atoms with Crippen LogP contribution in [0.4, 0.5) is 0 Å². The first-order chi connectivity index (χ1) is 8.56. The van der Waals surface area contributed by atoms with Crippen molar-refractivity contribution in [2.24, 2.45) is 0 Å². The van der Waals surface area contributed by atoms with Crippen LogP contribution in [0.5, 0.6) is 0 Å². The minimum Gasteiger partial charge on any atom is -0.390 e. The highest BCUT2D eigenvalue weighted by Crippen LogP contribution is 2.14. The molecule has 0 saturated carbocycles. The Morgan fingerprint density at radius 2 is 2.22 bits per heavy atom. The molecular formula is C13H24N2O3. The van der Waals surface area contributed by atoms with Gasteiger partial charge in [0, 0.05) is 38.6 Å². The van der Waals surface area contributed by atoms with E-state index in [4.69, 9.17) is 4.74 Å². The second kappa shape index (κ2) is 5.99. The summed E-state index contributed by atoms with van der Waals surface area (Å²) in [5.74, 6) is 0.178. The smallest absolute Gasteiger partial charge is 0.222 e. The molecule has 2 aliphatic rings. The Kier molecular flexibility index (Phi) is 4.59. The molecule has 0 aromatic carbocycles. The van der Waals surface area contributed by atoms with Crippen molar-refractivity contribution in [2.75, 3.05) is 32.8 Å². The van der Waals surface area contributed by atoms with Gasteiger partial charge < -0.3 is 14.7 Å². The largest absolute Gasteiger partial charge is 0.390 e. The second-order valence-electron chi connectivity index (χ2n) is 5.54. The van der Waals surface area contributed by atoms with E-state index in [9.17, 15) is 9.90 Å². The maximum Gasteiger partial charge on any atom is 0.222 e. The monoisotopic (exact) mass is 256 g/mol. The third kappa shape index (κ3) is 3.43. The first kappa shape index (κ1) is 13.8. The lowest BCUT2D eigenvalue weighted by molar-refractivity contribution is -0.129. The molecule has 2 aliphatic heterocycles. The number of likely N-dealkylation sites (tertiary alicyclic amines) is 1. The van der Waals surface area contributed by atoms with Gasteiger partial charge in [0.25, 0.3) is 0 Å². The fraction of sp³-hybridized carbons (Fsp3) is 0.923. The van der Waals surface area contributed by atoms with Crippen molar-refractivity contribution in [3.05, 3.63) is 0 Å². The predicted octanol–water partition coefficient (Wildman–Crippen LogP) is 0.0789. The summed E-state index contributed by atoms with van der Waals surface area (Å²) in [5, 5.41) is 10.1. The van der Waals surface area contributed by atoms with Gasteiger partial charge in [-0.25, -0.2) is 0 Å². The Morgan fingerprint density at radius 3 is 2.89 bits per heavy atom. The van der Waals surface area contributed by atoms with Crippen LogP contribution < -0.4 is 0 Å². The third-order valence-corrected chi connectivity index (χ3v) is 3.78. The molecule has 1 amide bonds. The Morgan fingerprint density at radius 1 is 1.44 bits per heavy atom. The Bertz CT molecular complexity index is 298. The quantitative estimate of drug-likeness (QED) is 0.774. The molecule has 2 rings (SSSR count). The van der Waals surface area contributed by atoms with E-state index in [1.165, 1.54) is 0 Å². The number of aliphatic hydroxyl groups excluding tert-OH is 1. The van der Waals surface area contributed by atoms with Crippen LogP contribution in [0.25, 0.3) is 0 Å². The summed E-state index contributed by atoms with van der Waals surface area (Å²) in [4.78, 5) is 15.5. The molecule has 3 atom stereocenters. The number of aliphatic hydroxyl groups is 1. The maximum atomic E-state index is 11.5. The van der Waals surface area contributed by atoms with Crippen molar-refractivity contribution >= 4 is 5.91 Å². The third-order valence-electron chi connectivity index (χ3n) is 3.78. The summed E-state index contributed by atoms with van der Waals surface area (Å²) < 4.78 is 5.56. The van der Waals surface area contributed by atoms with Crippen molar-refractivity contribution in [2.45, 2.75) is 44.9 Å². The van der Waals surface area contributed by atoms with Gasteiger partial charge in [-0.05, 0) is 20.3 Å². The number of ether oxygens (including phenoxy) is 1. The average Bonchev–Trinajstić information content (AvgIpc) is 2.70. The summed E-state index contributed by atoms with van der Waals surface area (Å²) in [6.07, 6.45) is 1.33. The Balaban J connectivity index is 1.79. The van der Waals surface area contributed by atoms with Crippen molar-refractivity contribution in [1.82, 2.24) is 9.80 Å². The van der Waals surface area contributed by atoms with E-state index >= 15 is 0 Å². The standard InChI is InChI=1S/C13H24N2O3/c1-10-9-18-11(2)6-15(10)8-12(16)7-14-5-3-4-13(14)17/h10-12,16H,3-9H2,1-2H3. The summed E-state index contributed by atoms with van der Waals surface area (Å²) in [6, 6.07) is 0.338. The zero-order valence-electron chi connectivity index (χ0n) is 11.3. The summed E-state index contributed by atoms with van der Waals surface area (Å²) >= 11 is 0. The van der Waals surface area contributed by atoms with Crippen LogP contribution in [-0.4, -0.2) is 71.8 Å². The lowest BCUT2D eigenvalue weighted by Crippen LogP contribution is -2.51. The molecule has 0 spiro atoms. The number of hydrogen-bond donors (Lipinski definition) is 1. The molecule has 0 aromatic rings. The van der Waals surface area contributed by atoms with E-state index in [1.807, 2.05) is 0 Å². The number of carbonyl (C=O) groups is 1. The van der Waals surface area contributed by atoms with Crippen LogP contribution in [-0.2, 0) is 9.53 Å². The van der Waals surface area contributed by atoms with Gasteiger partial charge in [0.05, 0.1) is 18.8 Å². The van der Waals surface area contributed by atoms with Gasteiger partial charge in [0.2, 0.25) is 5.91 Å². The maximum absolute atomic E-state index is 11.5. The Hall–Kier alpha value is -0.650. The zero-order chi connectivity index (χ0) is 13.1. The van der Waals surface area contributed by atoms with Crippen LogP contribution in [0.2, 0.25) is 0 Å². The molecule has 18 heavy (non-hydrogen) atoms. The topological polar surface area (TPSA) is 53.0 Å². The first-order valence-electron chi connectivity index (χ1n) is 6.87. The number of amides is 1. The van der Waals surface area contributed by atoms with E-state index in [2.05, 4.69) is 18.7 Å². The number of nitrogens with zero attached hydrogens (tertiary/aromatic N) is 2. The van der Waals surface area contributed by atoms with Gasteiger partial charge in [-0.3, -0.25) is 9.69 Å². The first-order valence-corrected chi connectivity index (χ1v) is 6.87. The highest BCUT2D eigenvalue weighted by Gasteiger charge is 2.27. The number of hydrogen-bond acceptors (Lipinski definition) is 4. The lowest BCUT2D eigenvalue weighted by atomic mass is 10.2. The van der Waals surface area contributed by atoms with Crippen LogP contribution >= 0.6 is 0 Å². The molecule has 0 aliphatic carbocycles. The highest BCUT2D eigenvalue weighted by molar-refractivity contribution is 5.78. The van der Waals surface area contributed by atoms with Gasteiger partial charge in [0.1, 0.15) is 0 Å². The van der Waals surface area contributed by atoms with Gasteiger partial charge in [-0.2, -0.15) is 0 Å². The summed E-state index contributed by atoms with van der Waals surface area (Å²) in [7, 11) is 0. The van der Waals surface area contributed by atoms with Gasteiger partial charge in [0.15, 0.2) is 0 Å². The van der Waals surface area contributed by atoms with Crippen molar-refractivity contribution in [3.8, 4) is 0 Å². The molecular weight excluding hydrogens is 232 g/mol. The van der Waals surface area contributed by atoms with Crippen LogP contribution in [0.3, 0.4) is 0 Å². The SMILES string of the molecule is CC1CN(CC(O)CN2CCCC2=O)C(C)CO1. The molecule has 0 aromatic heterocycles. The Labute approximate surface area is 109 Å².